The molecule has 2 N–H and O–H groups in total. The van der Waals surface area contributed by atoms with Gasteiger partial charge in [-0.25, -0.2) is 4.98 Å². The first-order valence-electron chi connectivity index (χ1n) is 6.72. The number of aromatic nitrogens is 5. The summed E-state index contributed by atoms with van der Waals surface area (Å²) in [6.07, 6.45) is 6.11. The minimum Gasteiger partial charge on any atom is -0.384 e. The Morgan fingerprint density at radius 1 is 1.00 bits per heavy atom. The van der Waals surface area contributed by atoms with Crippen LogP contribution in [0.1, 0.15) is 0 Å². The summed E-state index contributed by atoms with van der Waals surface area (Å²) in [4.78, 5) is 17.0. The van der Waals surface area contributed by atoms with Gasteiger partial charge in [0.25, 0.3) is 0 Å². The van der Waals surface area contributed by atoms with Crippen molar-refractivity contribution in [2.45, 2.75) is 0 Å². The van der Waals surface area contributed by atoms with Gasteiger partial charge in [0.1, 0.15) is 5.82 Å². The van der Waals surface area contributed by atoms with Gasteiger partial charge < -0.3 is 15.7 Å². The molecule has 1 aromatic carbocycles. The second-order valence-corrected chi connectivity index (χ2v) is 4.74. The van der Waals surface area contributed by atoms with Crippen molar-refractivity contribution in [1.82, 2.24) is 24.3 Å². The molecule has 7 heteroatoms. The van der Waals surface area contributed by atoms with E-state index >= 15 is 0 Å². The Morgan fingerprint density at radius 3 is 2.57 bits per heavy atom. The Bertz CT molecular complexity index is 937. The fourth-order valence-electron chi connectivity index (χ4n) is 2.38. The van der Waals surface area contributed by atoms with Crippen LogP contribution in [-0.2, 0) is 32.7 Å². The number of nitrogens with zero attached hydrogens (tertiary/aromatic N) is 5. The van der Waals surface area contributed by atoms with Crippen molar-refractivity contribution >= 4 is 11.6 Å². The summed E-state index contributed by atoms with van der Waals surface area (Å²) in [6.45, 7) is 0. The summed E-state index contributed by atoms with van der Waals surface area (Å²) >= 11 is 0. The predicted octanol–water partition coefficient (Wildman–Crippen LogP) is 2.23. The first kappa shape index (κ1) is 15.7. The van der Waals surface area contributed by atoms with Gasteiger partial charge in [-0.15, -0.1) is 6.07 Å². The van der Waals surface area contributed by atoms with E-state index in [1.165, 1.54) is 0 Å². The van der Waals surface area contributed by atoms with Gasteiger partial charge >= 0.3 is 0 Å². The second-order valence-electron chi connectivity index (χ2n) is 4.74. The molecule has 4 rings (SSSR count). The van der Waals surface area contributed by atoms with Gasteiger partial charge in [0.05, 0.1) is 5.69 Å². The Morgan fingerprint density at radius 2 is 1.83 bits per heavy atom. The molecule has 0 amide bonds. The molecule has 6 nitrogen and oxygen atoms in total. The molecule has 109 valence electrons. The van der Waals surface area contributed by atoms with Crippen molar-refractivity contribution in [1.29, 1.82) is 0 Å². The number of hydrogen-bond acceptors (Lipinski definition) is 5. The molecule has 0 fully saturated rings. The largest absolute Gasteiger partial charge is 0.384 e. The number of rotatable bonds is 2. The standard InChI is InChI=1S/C16H11N6.Y/c17-13-7-9-22-15(12-6-8-18-10-19-12)14(21-16(22)20-13)11-4-2-1-3-5-11;/h1-9H,(H2,17,20,21);/q-1;. The quantitative estimate of drug-likeness (QED) is 0.543. The van der Waals surface area contributed by atoms with Gasteiger partial charge in [-0.1, -0.05) is 36.5 Å². The zero-order valence-corrected chi connectivity index (χ0v) is 14.9. The maximum absolute atomic E-state index is 5.76. The average Bonchev–Trinajstić information content (AvgIpc) is 2.95. The van der Waals surface area contributed by atoms with E-state index in [1.807, 2.05) is 47.0 Å². The fourth-order valence-corrected chi connectivity index (χ4v) is 2.38. The smallest absolute Gasteiger partial charge is 0.235 e. The van der Waals surface area contributed by atoms with Crippen LogP contribution in [0.5, 0.6) is 0 Å². The average molecular weight is 376 g/mol. The van der Waals surface area contributed by atoms with Crippen LogP contribution in [-0.4, -0.2) is 24.3 Å². The van der Waals surface area contributed by atoms with Crippen molar-refractivity contribution in [3.05, 3.63) is 61.2 Å². The van der Waals surface area contributed by atoms with Crippen LogP contribution in [0.2, 0.25) is 0 Å². The molecule has 0 aliphatic heterocycles. The van der Waals surface area contributed by atoms with Gasteiger partial charge in [0, 0.05) is 56.5 Å². The SMILES string of the molecule is Nc1ccn2c(-c3ccn[c-]n3)c(-c3ccccc3)nc2n1.[Y]. The monoisotopic (exact) mass is 376 g/mol. The molecule has 0 spiro atoms. The van der Waals surface area contributed by atoms with Gasteiger partial charge in [-0.2, -0.15) is 4.98 Å². The van der Waals surface area contributed by atoms with Crippen LogP contribution in [0.15, 0.2) is 54.9 Å². The van der Waals surface area contributed by atoms with Crippen molar-refractivity contribution in [3.63, 3.8) is 0 Å². The predicted molar refractivity (Wildman–Crippen MR) is 82.7 cm³/mol. The van der Waals surface area contributed by atoms with Crippen molar-refractivity contribution in [2.75, 3.05) is 5.73 Å². The molecule has 0 atom stereocenters. The molecular weight excluding hydrogens is 365 g/mol. The molecule has 0 saturated carbocycles. The number of nitrogen functional groups attached to an aromatic ring is 1. The molecule has 3 aromatic heterocycles. The molecule has 23 heavy (non-hydrogen) atoms. The topological polar surface area (TPSA) is 82.0 Å². The van der Waals surface area contributed by atoms with E-state index in [-0.39, 0.29) is 32.7 Å². The Hall–Kier alpha value is -2.18. The molecule has 1 radical (unpaired) electrons. The van der Waals surface area contributed by atoms with E-state index in [0.717, 1.165) is 22.6 Å². The molecule has 3 heterocycles. The van der Waals surface area contributed by atoms with Gasteiger partial charge in [0.2, 0.25) is 5.78 Å². The van der Waals surface area contributed by atoms with E-state index in [4.69, 9.17) is 5.73 Å². The van der Waals surface area contributed by atoms with Gasteiger partial charge in [0.15, 0.2) is 0 Å². The zero-order chi connectivity index (χ0) is 14.9. The van der Waals surface area contributed by atoms with E-state index in [2.05, 4.69) is 26.3 Å². The minimum atomic E-state index is 0. The summed E-state index contributed by atoms with van der Waals surface area (Å²) in [5, 5.41) is 0. The molecule has 0 saturated heterocycles. The molecule has 0 unspecified atom stereocenters. The molecule has 0 aliphatic rings. The number of benzene rings is 1. The zero-order valence-electron chi connectivity index (χ0n) is 12.1. The fraction of sp³-hybridized carbons (Fsp3) is 0. The Kier molecular flexibility index (Phi) is 4.45. The van der Waals surface area contributed by atoms with Crippen molar-refractivity contribution in [2.24, 2.45) is 0 Å². The number of nitrogens with two attached hydrogens (primary N) is 1. The summed E-state index contributed by atoms with van der Waals surface area (Å²) in [7, 11) is 0. The van der Waals surface area contributed by atoms with Gasteiger partial charge in [-0.3, -0.25) is 4.40 Å². The van der Waals surface area contributed by atoms with Crippen molar-refractivity contribution < 1.29 is 32.7 Å². The minimum absolute atomic E-state index is 0. The van der Waals surface area contributed by atoms with Crippen LogP contribution in [0, 0.1) is 6.33 Å². The van der Waals surface area contributed by atoms with Gasteiger partial charge in [-0.05, 0) is 11.8 Å². The maximum atomic E-state index is 5.76. The van der Waals surface area contributed by atoms with Crippen LogP contribution in [0.3, 0.4) is 0 Å². The normalized spacial score (nSPS) is 10.4. The Balaban J connectivity index is 0.00000156. The number of hydrogen-bond donors (Lipinski definition) is 1. The third-order valence-corrected chi connectivity index (χ3v) is 3.34. The number of anilines is 1. The molecule has 4 aromatic rings. The van der Waals surface area contributed by atoms with E-state index in [1.54, 1.807) is 12.3 Å². The first-order chi connectivity index (χ1) is 10.8. The number of fused-ring (bicyclic) bond motifs is 1. The summed E-state index contributed by atoms with van der Waals surface area (Å²) in [5.74, 6) is 0.963. The second kappa shape index (κ2) is 6.52. The Labute approximate surface area is 157 Å². The van der Waals surface area contributed by atoms with Crippen LogP contribution in [0.25, 0.3) is 28.4 Å². The van der Waals surface area contributed by atoms with Crippen LogP contribution < -0.4 is 5.73 Å². The summed E-state index contributed by atoms with van der Waals surface area (Å²) < 4.78 is 1.87. The first-order valence-corrected chi connectivity index (χ1v) is 6.72. The molecule has 0 aliphatic carbocycles. The van der Waals surface area contributed by atoms with E-state index in [9.17, 15) is 0 Å². The van der Waals surface area contributed by atoms with Crippen LogP contribution in [0.4, 0.5) is 5.82 Å². The molecule has 0 bridgehead atoms. The van der Waals surface area contributed by atoms with E-state index < -0.39 is 0 Å². The summed E-state index contributed by atoms with van der Waals surface area (Å²) in [5.41, 5.74) is 9.12. The number of imidazole rings is 1. The van der Waals surface area contributed by atoms with E-state index in [0.29, 0.717) is 11.6 Å². The summed E-state index contributed by atoms with van der Waals surface area (Å²) in [6, 6.07) is 13.5. The molecular formula is C16H11N6Y-. The maximum Gasteiger partial charge on any atom is 0.235 e. The van der Waals surface area contributed by atoms with Crippen LogP contribution >= 0.6 is 0 Å². The third kappa shape index (κ3) is 2.87. The third-order valence-electron chi connectivity index (χ3n) is 3.34. The van der Waals surface area contributed by atoms with Crippen molar-refractivity contribution in [3.8, 4) is 22.6 Å².